The van der Waals surface area contributed by atoms with Crippen molar-refractivity contribution in [2.24, 2.45) is 0 Å². The van der Waals surface area contributed by atoms with Gasteiger partial charge < -0.3 is 25.3 Å². The highest BCUT2D eigenvalue weighted by atomic mass is 16.5. The van der Waals surface area contributed by atoms with Crippen LogP contribution < -0.4 is 21.1 Å². The maximum absolute atomic E-state index is 12.7. The van der Waals surface area contributed by atoms with E-state index in [9.17, 15) is 4.79 Å². The Bertz CT molecular complexity index is 1380. The van der Waals surface area contributed by atoms with Crippen molar-refractivity contribution in [1.29, 1.82) is 0 Å². The average Bonchev–Trinajstić information content (AvgIpc) is 3.33. The summed E-state index contributed by atoms with van der Waals surface area (Å²) in [4.78, 5) is 27.2. The van der Waals surface area contributed by atoms with Crippen LogP contribution in [0.2, 0.25) is 0 Å². The normalized spacial score (nSPS) is 15.3. The molecule has 5 heterocycles. The Morgan fingerprint density at radius 2 is 1.91 bits per heavy atom. The minimum absolute atomic E-state index is 0.171. The van der Waals surface area contributed by atoms with Gasteiger partial charge in [-0.05, 0) is 59.8 Å². The van der Waals surface area contributed by atoms with Crippen LogP contribution in [0, 0.1) is 0 Å². The number of morpholine rings is 1. The van der Waals surface area contributed by atoms with Crippen LogP contribution >= 0.6 is 0 Å². The third kappa shape index (κ3) is 3.78. The first-order chi connectivity index (χ1) is 16.2. The molecule has 0 atom stereocenters. The summed E-state index contributed by atoms with van der Waals surface area (Å²) in [7, 11) is 0. The molecule has 2 aliphatic heterocycles. The molecule has 0 aliphatic carbocycles. The largest absolute Gasteiger partial charge is 0.378 e. The molecule has 0 radical (unpaired) electrons. The molecule has 0 spiro atoms. The van der Waals surface area contributed by atoms with Crippen molar-refractivity contribution in [1.82, 2.24) is 15.0 Å². The quantitative estimate of drug-likeness (QED) is 0.447. The fourth-order valence-electron chi connectivity index (χ4n) is 4.48. The van der Waals surface area contributed by atoms with Gasteiger partial charge in [0.05, 0.1) is 24.3 Å². The predicted molar refractivity (Wildman–Crippen MR) is 131 cm³/mol. The fraction of sp³-hybridized carbons (Fsp3) is 0.240. The summed E-state index contributed by atoms with van der Waals surface area (Å²) in [5.41, 5.74) is 4.76. The van der Waals surface area contributed by atoms with Crippen LogP contribution in [-0.2, 0) is 11.2 Å². The number of pyridine rings is 3. The van der Waals surface area contributed by atoms with Crippen molar-refractivity contribution >= 4 is 33.8 Å². The number of nitrogens with one attached hydrogen (secondary N) is 3. The third-order valence-electron chi connectivity index (χ3n) is 6.21. The minimum atomic E-state index is -0.171. The number of hydrogen-bond acceptors (Lipinski definition) is 7. The lowest BCUT2D eigenvalue weighted by atomic mass is 10.1. The second-order valence-electron chi connectivity index (χ2n) is 8.31. The standard InChI is InChI=1S/C25H24N6O2/c32-25-22-16(5-8-27-25)14-21(18-13-17-6-7-26-23(17)28-15-18)30-24(22)29-19-1-3-20(4-2-19)31-9-11-33-12-10-31/h1-5,8,13-15H,6-7,9-12H2,(H,26,28)(H,27,32)(H,29,30). The first-order valence-electron chi connectivity index (χ1n) is 11.2. The number of benzene rings is 1. The number of aromatic nitrogens is 3. The lowest BCUT2D eigenvalue weighted by Crippen LogP contribution is -2.36. The number of H-pyrrole nitrogens is 1. The molecular formula is C25H24N6O2. The van der Waals surface area contributed by atoms with E-state index in [1.807, 2.05) is 30.5 Å². The van der Waals surface area contributed by atoms with E-state index >= 15 is 0 Å². The van der Waals surface area contributed by atoms with E-state index in [0.717, 1.165) is 73.1 Å². The Morgan fingerprint density at radius 3 is 2.76 bits per heavy atom. The van der Waals surface area contributed by atoms with Gasteiger partial charge in [0.1, 0.15) is 11.6 Å². The predicted octanol–water partition coefficient (Wildman–Crippen LogP) is 3.53. The van der Waals surface area contributed by atoms with Crippen molar-refractivity contribution in [2.45, 2.75) is 6.42 Å². The summed E-state index contributed by atoms with van der Waals surface area (Å²) >= 11 is 0. The smallest absolute Gasteiger partial charge is 0.259 e. The van der Waals surface area contributed by atoms with Crippen molar-refractivity contribution in [3.63, 3.8) is 0 Å². The first kappa shape index (κ1) is 19.8. The summed E-state index contributed by atoms with van der Waals surface area (Å²) in [6.45, 7) is 4.18. The van der Waals surface area contributed by atoms with Gasteiger partial charge in [-0.25, -0.2) is 9.97 Å². The van der Waals surface area contributed by atoms with Gasteiger partial charge in [-0.3, -0.25) is 4.79 Å². The number of anilines is 4. The van der Waals surface area contributed by atoms with Crippen LogP contribution in [0.1, 0.15) is 5.56 Å². The van der Waals surface area contributed by atoms with Gasteiger partial charge in [-0.15, -0.1) is 0 Å². The molecule has 166 valence electrons. The number of rotatable bonds is 4. The minimum Gasteiger partial charge on any atom is -0.378 e. The number of hydrogen-bond donors (Lipinski definition) is 3. The number of nitrogens with zero attached hydrogens (tertiary/aromatic N) is 3. The summed E-state index contributed by atoms with van der Waals surface area (Å²) < 4.78 is 5.45. The highest BCUT2D eigenvalue weighted by molar-refractivity contribution is 5.95. The molecule has 2 aliphatic rings. The molecule has 3 aromatic heterocycles. The Balaban J connectivity index is 1.38. The van der Waals surface area contributed by atoms with Crippen molar-refractivity contribution in [3.8, 4) is 11.3 Å². The zero-order valence-corrected chi connectivity index (χ0v) is 18.1. The van der Waals surface area contributed by atoms with Crippen LogP contribution in [0.4, 0.5) is 23.0 Å². The second-order valence-corrected chi connectivity index (χ2v) is 8.31. The molecule has 8 heteroatoms. The topological polar surface area (TPSA) is 95.2 Å². The molecule has 1 aromatic carbocycles. The van der Waals surface area contributed by atoms with E-state index in [4.69, 9.17) is 9.72 Å². The van der Waals surface area contributed by atoms with Gasteiger partial charge in [-0.2, -0.15) is 0 Å². The number of ether oxygens (including phenoxy) is 1. The van der Waals surface area contributed by atoms with Gasteiger partial charge in [0.25, 0.3) is 5.56 Å². The number of fused-ring (bicyclic) bond motifs is 2. The van der Waals surface area contributed by atoms with Gasteiger partial charge in [0, 0.05) is 49.0 Å². The second kappa shape index (κ2) is 8.22. The average molecular weight is 441 g/mol. The summed E-state index contributed by atoms with van der Waals surface area (Å²) in [6, 6.07) is 14.2. The Morgan fingerprint density at radius 1 is 1.06 bits per heavy atom. The van der Waals surface area contributed by atoms with Crippen molar-refractivity contribution < 1.29 is 4.74 Å². The van der Waals surface area contributed by atoms with Crippen LogP contribution in [0.25, 0.3) is 22.0 Å². The van der Waals surface area contributed by atoms with E-state index in [2.05, 4.69) is 43.7 Å². The molecule has 0 amide bonds. The Kier molecular flexibility index (Phi) is 4.92. The van der Waals surface area contributed by atoms with Gasteiger partial charge in [0.2, 0.25) is 0 Å². The van der Waals surface area contributed by atoms with E-state index in [0.29, 0.717) is 11.2 Å². The molecule has 0 unspecified atom stereocenters. The molecule has 1 saturated heterocycles. The lowest BCUT2D eigenvalue weighted by Gasteiger charge is -2.28. The zero-order chi connectivity index (χ0) is 22.2. The SMILES string of the molecule is O=c1[nH]ccc2cc(-c3cnc4c(c3)CCN4)nc(Nc3ccc(N4CCOCC4)cc3)c12. The van der Waals surface area contributed by atoms with Crippen LogP contribution in [0.15, 0.2) is 59.7 Å². The van der Waals surface area contributed by atoms with Gasteiger partial charge in [0.15, 0.2) is 0 Å². The first-order valence-corrected chi connectivity index (χ1v) is 11.2. The van der Waals surface area contributed by atoms with Gasteiger partial charge >= 0.3 is 0 Å². The number of aromatic amines is 1. The van der Waals surface area contributed by atoms with Crippen LogP contribution in [-0.4, -0.2) is 47.8 Å². The molecule has 3 N–H and O–H groups in total. The van der Waals surface area contributed by atoms with Crippen molar-refractivity contribution in [2.75, 3.05) is 48.4 Å². The highest BCUT2D eigenvalue weighted by Gasteiger charge is 2.16. The third-order valence-corrected chi connectivity index (χ3v) is 6.21. The molecule has 6 rings (SSSR count). The molecule has 33 heavy (non-hydrogen) atoms. The molecule has 0 saturated carbocycles. The molecule has 4 aromatic rings. The van der Waals surface area contributed by atoms with E-state index < -0.39 is 0 Å². The summed E-state index contributed by atoms with van der Waals surface area (Å²) in [5.74, 6) is 1.47. The Labute approximate surface area is 190 Å². The van der Waals surface area contributed by atoms with Gasteiger partial charge in [-0.1, -0.05) is 0 Å². The molecular weight excluding hydrogens is 416 g/mol. The van der Waals surface area contributed by atoms with Crippen LogP contribution in [0.3, 0.4) is 0 Å². The maximum atomic E-state index is 12.7. The molecule has 8 nitrogen and oxygen atoms in total. The summed E-state index contributed by atoms with van der Waals surface area (Å²) in [6.07, 6.45) is 4.45. The monoisotopic (exact) mass is 440 g/mol. The molecule has 0 bridgehead atoms. The van der Waals surface area contributed by atoms with E-state index in [1.165, 1.54) is 5.56 Å². The molecule has 1 fully saturated rings. The maximum Gasteiger partial charge on any atom is 0.259 e. The highest BCUT2D eigenvalue weighted by Crippen LogP contribution is 2.30. The fourth-order valence-corrected chi connectivity index (χ4v) is 4.48. The summed E-state index contributed by atoms with van der Waals surface area (Å²) in [5, 5.41) is 8.03. The Hall–Kier alpha value is -3.91. The van der Waals surface area contributed by atoms with Crippen molar-refractivity contribution in [3.05, 3.63) is 70.8 Å². The van der Waals surface area contributed by atoms with Crippen LogP contribution in [0.5, 0.6) is 0 Å². The van der Waals surface area contributed by atoms with E-state index in [-0.39, 0.29) is 5.56 Å². The lowest BCUT2D eigenvalue weighted by molar-refractivity contribution is 0.122. The van der Waals surface area contributed by atoms with E-state index in [1.54, 1.807) is 6.20 Å². The zero-order valence-electron chi connectivity index (χ0n) is 18.1.